The third kappa shape index (κ3) is 1.95. The second kappa shape index (κ2) is 3.91. The van der Waals surface area contributed by atoms with Crippen LogP contribution in [0.15, 0.2) is 30.3 Å². The first kappa shape index (κ1) is 9.85. The van der Waals surface area contributed by atoms with Gasteiger partial charge in [0.15, 0.2) is 0 Å². The van der Waals surface area contributed by atoms with E-state index in [4.69, 9.17) is 4.74 Å². The van der Waals surface area contributed by atoms with Crippen LogP contribution in [0.25, 0.3) is 0 Å². The van der Waals surface area contributed by atoms with Crippen LogP contribution >= 0.6 is 0 Å². The highest BCUT2D eigenvalue weighted by Crippen LogP contribution is 2.40. The molecule has 1 aliphatic heterocycles. The van der Waals surface area contributed by atoms with E-state index in [9.17, 15) is 4.79 Å². The summed E-state index contributed by atoms with van der Waals surface area (Å²) in [6, 6.07) is 10.3. The second-order valence-electron chi connectivity index (χ2n) is 4.65. The maximum atomic E-state index is 11.7. The molecule has 0 aromatic heterocycles. The molecular formula is C13H15NO2. The Bertz CT molecular complexity index is 380. The van der Waals surface area contributed by atoms with Crippen LogP contribution in [0, 0.1) is 5.92 Å². The first-order valence-corrected chi connectivity index (χ1v) is 5.79. The first-order chi connectivity index (χ1) is 7.83. The maximum Gasteiger partial charge on any atom is 0.323 e. The number of fused-ring (bicyclic) bond motifs is 1. The van der Waals surface area contributed by atoms with Crippen LogP contribution in [0.1, 0.15) is 18.4 Å². The summed E-state index contributed by atoms with van der Waals surface area (Å²) in [5.74, 6) is 0.630. The molecule has 0 bridgehead atoms. The van der Waals surface area contributed by atoms with Gasteiger partial charge in [-0.1, -0.05) is 30.3 Å². The normalized spacial score (nSPS) is 30.9. The fraction of sp³-hybridized carbons (Fsp3) is 0.462. The SMILES string of the molecule is O=C(OCc1ccccc1)C1CC2CC2N1. The number of piperidine rings is 1. The van der Waals surface area contributed by atoms with E-state index in [-0.39, 0.29) is 12.0 Å². The van der Waals surface area contributed by atoms with Crippen molar-refractivity contribution in [3.8, 4) is 0 Å². The number of ether oxygens (including phenoxy) is 1. The smallest absolute Gasteiger partial charge is 0.323 e. The maximum absolute atomic E-state index is 11.7. The Labute approximate surface area is 94.8 Å². The summed E-state index contributed by atoms with van der Waals surface area (Å²) in [6.07, 6.45) is 2.20. The molecule has 0 radical (unpaired) electrons. The van der Waals surface area contributed by atoms with Gasteiger partial charge in [0, 0.05) is 6.04 Å². The molecule has 1 aromatic carbocycles. The van der Waals surface area contributed by atoms with Crippen molar-refractivity contribution in [2.24, 2.45) is 5.92 Å². The molecule has 1 saturated heterocycles. The Morgan fingerprint density at radius 3 is 2.81 bits per heavy atom. The summed E-state index contributed by atoms with van der Waals surface area (Å²) in [6.45, 7) is 0.382. The predicted octanol–water partition coefficient (Wildman–Crippen LogP) is 1.48. The summed E-state index contributed by atoms with van der Waals surface area (Å²) in [4.78, 5) is 11.7. The summed E-state index contributed by atoms with van der Waals surface area (Å²) in [5, 5.41) is 3.29. The highest BCUT2D eigenvalue weighted by Gasteiger charge is 2.48. The number of hydrogen-bond acceptors (Lipinski definition) is 3. The highest BCUT2D eigenvalue weighted by molar-refractivity contribution is 5.76. The van der Waals surface area contributed by atoms with Gasteiger partial charge in [-0.25, -0.2) is 0 Å². The molecule has 1 aromatic rings. The van der Waals surface area contributed by atoms with Crippen LogP contribution in [-0.2, 0) is 16.1 Å². The molecule has 3 unspecified atom stereocenters. The lowest BCUT2D eigenvalue weighted by Gasteiger charge is -2.12. The molecule has 3 heteroatoms. The molecule has 1 aliphatic carbocycles. The van der Waals surface area contributed by atoms with Crippen molar-refractivity contribution in [2.75, 3.05) is 0 Å². The molecule has 84 valence electrons. The molecule has 0 amide bonds. The van der Waals surface area contributed by atoms with E-state index < -0.39 is 0 Å². The van der Waals surface area contributed by atoms with E-state index in [1.807, 2.05) is 30.3 Å². The second-order valence-corrected chi connectivity index (χ2v) is 4.65. The van der Waals surface area contributed by atoms with Crippen molar-refractivity contribution in [3.05, 3.63) is 35.9 Å². The average Bonchev–Trinajstić information content (AvgIpc) is 2.94. The van der Waals surface area contributed by atoms with Crippen LogP contribution in [0.5, 0.6) is 0 Å². The van der Waals surface area contributed by atoms with Gasteiger partial charge in [-0.05, 0) is 24.3 Å². The number of carbonyl (C=O) groups excluding carboxylic acids is 1. The number of nitrogens with one attached hydrogen (secondary N) is 1. The third-order valence-corrected chi connectivity index (χ3v) is 3.38. The monoisotopic (exact) mass is 217 g/mol. The van der Waals surface area contributed by atoms with Gasteiger partial charge in [-0.3, -0.25) is 4.79 Å². The van der Waals surface area contributed by atoms with Crippen molar-refractivity contribution in [2.45, 2.75) is 31.5 Å². The molecule has 3 rings (SSSR count). The summed E-state index contributed by atoms with van der Waals surface area (Å²) < 4.78 is 5.28. The van der Waals surface area contributed by atoms with E-state index in [2.05, 4.69) is 5.32 Å². The molecule has 3 atom stereocenters. The van der Waals surface area contributed by atoms with E-state index in [0.717, 1.165) is 17.9 Å². The van der Waals surface area contributed by atoms with Crippen LogP contribution in [0.2, 0.25) is 0 Å². The topological polar surface area (TPSA) is 38.3 Å². The van der Waals surface area contributed by atoms with Crippen molar-refractivity contribution >= 4 is 5.97 Å². The van der Waals surface area contributed by atoms with Gasteiger partial charge in [-0.15, -0.1) is 0 Å². The molecule has 3 nitrogen and oxygen atoms in total. The molecule has 1 saturated carbocycles. The number of rotatable bonds is 3. The summed E-state index contributed by atoms with van der Waals surface area (Å²) in [7, 11) is 0. The molecule has 2 fully saturated rings. The lowest BCUT2D eigenvalue weighted by Crippen LogP contribution is -2.35. The lowest BCUT2D eigenvalue weighted by molar-refractivity contribution is -0.147. The predicted molar refractivity (Wildman–Crippen MR) is 59.7 cm³/mol. The van der Waals surface area contributed by atoms with Crippen LogP contribution in [-0.4, -0.2) is 18.1 Å². The number of benzene rings is 1. The average molecular weight is 217 g/mol. The van der Waals surface area contributed by atoms with E-state index in [1.54, 1.807) is 0 Å². The summed E-state index contributed by atoms with van der Waals surface area (Å²) >= 11 is 0. The molecule has 1 heterocycles. The van der Waals surface area contributed by atoms with Gasteiger partial charge >= 0.3 is 5.97 Å². The minimum atomic E-state index is -0.101. The molecular weight excluding hydrogens is 202 g/mol. The van der Waals surface area contributed by atoms with Gasteiger partial charge in [0.05, 0.1) is 0 Å². The standard InChI is InChI=1S/C13H15NO2/c15-13(12-7-10-6-11(10)14-12)16-8-9-4-2-1-3-5-9/h1-5,10-12,14H,6-8H2. The van der Waals surface area contributed by atoms with Gasteiger partial charge in [0.1, 0.15) is 12.6 Å². The van der Waals surface area contributed by atoms with Crippen molar-refractivity contribution in [3.63, 3.8) is 0 Å². The minimum absolute atomic E-state index is 0.0625. The molecule has 2 aliphatic rings. The van der Waals surface area contributed by atoms with Crippen LogP contribution in [0.3, 0.4) is 0 Å². The van der Waals surface area contributed by atoms with Crippen molar-refractivity contribution in [1.82, 2.24) is 5.32 Å². The minimum Gasteiger partial charge on any atom is -0.460 e. The summed E-state index contributed by atoms with van der Waals surface area (Å²) in [5.41, 5.74) is 1.04. The fourth-order valence-corrected chi connectivity index (χ4v) is 2.33. The quantitative estimate of drug-likeness (QED) is 0.779. The Morgan fingerprint density at radius 1 is 1.31 bits per heavy atom. The van der Waals surface area contributed by atoms with E-state index in [1.165, 1.54) is 6.42 Å². The number of hydrogen-bond donors (Lipinski definition) is 1. The van der Waals surface area contributed by atoms with Gasteiger partial charge < -0.3 is 10.1 Å². The van der Waals surface area contributed by atoms with Crippen LogP contribution in [0.4, 0.5) is 0 Å². The van der Waals surface area contributed by atoms with E-state index >= 15 is 0 Å². The Morgan fingerprint density at radius 2 is 2.12 bits per heavy atom. The van der Waals surface area contributed by atoms with Crippen LogP contribution < -0.4 is 5.32 Å². The Hall–Kier alpha value is -1.35. The Balaban J connectivity index is 1.50. The largest absolute Gasteiger partial charge is 0.460 e. The molecule has 1 N–H and O–H groups in total. The fourth-order valence-electron chi connectivity index (χ4n) is 2.33. The zero-order valence-corrected chi connectivity index (χ0v) is 9.06. The number of esters is 1. The van der Waals surface area contributed by atoms with Gasteiger partial charge in [0.2, 0.25) is 0 Å². The van der Waals surface area contributed by atoms with Gasteiger partial charge in [-0.2, -0.15) is 0 Å². The zero-order valence-electron chi connectivity index (χ0n) is 9.06. The number of carbonyl (C=O) groups is 1. The molecule has 0 spiro atoms. The van der Waals surface area contributed by atoms with Crippen molar-refractivity contribution < 1.29 is 9.53 Å². The highest BCUT2D eigenvalue weighted by atomic mass is 16.5. The molecule has 16 heavy (non-hydrogen) atoms. The third-order valence-electron chi connectivity index (χ3n) is 3.38. The Kier molecular flexibility index (Phi) is 2.40. The lowest BCUT2D eigenvalue weighted by atomic mass is 10.2. The van der Waals surface area contributed by atoms with Gasteiger partial charge in [0.25, 0.3) is 0 Å². The van der Waals surface area contributed by atoms with E-state index in [0.29, 0.717) is 12.6 Å². The zero-order chi connectivity index (χ0) is 11.0. The van der Waals surface area contributed by atoms with Crippen molar-refractivity contribution in [1.29, 1.82) is 0 Å². The first-order valence-electron chi connectivity index (χ1n) is 5.79.